The number of carboxylic acid groups (broad SMARTS) is 1. The zero-order valence-corrected chi connectivity index (χ0v) is 17.7. The number of carboxylic acids is 1. The van der Waals surface area contributed by atoms with Crippen LogP contribution in [0.4, 0.5) is 0 Å². The molecule has 0 spiro atoms. The molecule has 0 radical (unpaired) electrons. The van der Waals surface area contributed by atoms with Gasteiger partial charge in [0.15, 0.2) is 0 Å². The van der Waals surface area contributed by atoms with E-state index in [4.69, 9.17) is 5.11 Å². The van der Waals surface area contributed by atoms with Gasteiger partial charge < -0.3 is 16.6 Å². The highest BCUT2D eigenvalue weighted by atomic mass is 32.1. The van der Waals surface area contributed by atoms with Crippen LogP contribution in [0.3, 0.4) is 0 Å². The quantitative estimate of drug-likeness (QED) is 0.183. The molecule has 0 bridgehead atoms. The highest BCUT2D eigenvalue weighted by molar-refractivity contribution is 7.80. The lowest BCUT2D eigenvalue weighted by molar-refractivity contribution is -0.141. The summed E-state index contributed by atoms with van der Waals surface area (Å²) in [7, 11) is 0. The highest BCUT2D eigenvalue weighted by Crippen LogP contribution is 2.13. The van der Waals surface area contributed by atoms with E-state index in [1.54, 1.807) is 0 Å². The highest BCUT2D eigenvalue weighted by Gasteiger charge is 2.18. The number of amides is 1. The molecule has 0 rings (SSSR count). The van der Waals surface area contributed by atoms with Gasteiger partial charge in [0, 0.05) is 6.42 Å². The largest absolute Gasteiger partial charge is 0.480 e. The second-order valence-electron chi connectivity index (χ2n) is 6.96. The van der Waals surface area contributed by atoms with Crippen molar-refractivity contribution in [2.75, 3.05) is 5.75 Å². The van der Waals surface area contributed by atoms with Crippen LogP contribution in [-0.2, 0) is 9.59 Å². The Hall–Kier alpha value is -0.750. The van der Waals surface area contributed by atoms with E-state index in [-0.39, 0.29) is 12.1 Å². The number of aliphatic carboxylic acids is 1. The molecule has 1 atom stereocenters. The summed E-state index contributed by atoms with van der Waals surface area (Å²) in [6, 6.07) is -0.799. The van der Waals surface area contributed by atoms with Gasteiger partial charge in [-0.05, 0) is 18.6 Å². The molecule has 26 heavy (non-hydrogen) atoms. The molecule has 0 aromatic heterocycles. The lowest BCUT2D eigenvalue weighted by Crippen LogP contribution is -2.40. The first kappa shape index (κ1) is 27.5. The van der Waals surface area contributed by atoms with Gasteiger partial charge in [0.25, 0.3) is 0 Å². The Balaban J connectivity index is 0. The summed E-state index contributed by atoms with van der Waals surface area (Å²) in [6.07, 6.45) is 17.3. The first-order valence-electron chi connectivity index (χ1n) is 10.2. The minimum Gasteiger partial charge on any atom is -0.480 e. The van der Waals surface area contributed by atoms with E-state index >= 15 is 0 Å². The maximum absolute atomic E-state index is 11.7. The Bertz CT molecular complexity index is 341. The van der Waals surface area contributed by atoms with Crippen LogP contribution in [0.15, 0.2) is 0 Å². The smallest absolute Gasteiger partial charge is 0.326 e. The standard InChI is InChI=1S/C20H39NO3S.H3N/c1-2-3-4-5-6-7-8-9-10-11-12-13-14-15-19(22)21-18(16-17-25)20(23)24;/h18,25H,2-17H2,1H3,(H,21,22)(H,23,24);1H3/t18-;/m0./s1. The van der Waals surface area contributed by atoms with Crippen molar-refractivity contribution in [2.24, 2.45) is 0 Å². The molecule has 0 saturated carbocycles. The molecule has 156 valence electrons. The summed E-state index contributed by atoms with van der Waals surface area (Å²) >= 11 is 4.02. The number of hydrogen-bond donors (Lipinski definition) is 4. The van der Waals surface area contributed by atoms with E-state index in [0.717, 1.165) is 12.8 Å². The van der Waals surface area contributed by atoms with Gasteiger partial charge in [-0.3, -0.25) is 4.79 Å². The normalized spacial score (nSPS) is 11.6. The van der Waals surface area contributed by atoms with E-state index in [0.29, 0.717) is 18.6 Å². The van der Waals surface area contributed by atoms with Gasteiger partial charge in [-0.2, -0.15) is 12.6 Å². The van der Waals surface area contributed by atoms with Crippen molar-refractivity contribution < 1.29 is 14.7 Å². The number of unbranched alkanes of at least 4 members (excludes halogenated alkanes) is 12. The average Bonchev–Trinajstić information content (AvgIpc) is 2.58. The predicted octanol–water partition coefficient (Wildman–Crippen LogP) is 5.52. The molecule has 0 aliphatic heterocycles. The van der Waals surface area contributed by atoms with Gasteiger partial charge in [-0.25, -0.2) is 4.79 Å². The van der Waals surface area contributed by atoms with Crippen LogP contribution in [-0.4, -0.2) is 28.8 Å². The first-order chi connectivity index (χ1) is 12.1. The fourth-order valence-corrected chi connectivity index (χ4v) is 3.21. The topological polar surface area (TPSA) is 101 Å². The zero-order chi connectivity index (χ0) is 18.8. The van der Waals surface area contributed by atoms with Crippen LogP contribution in [0, 0.1) is 0 Å². The number of hydrogen-bond acceptors (Lipinski definition) is 4. The maximum Gasteiger partial charge on any atom is 0.326 e. The van der Waals surface area contributed by atoms with Gasteiger partial charge in [0.1, 0.15) is 6.04 Å². The summed E-state index contributed by atoms with van der Waals surface area (Å²) in [6.45, 7) is 2.25. The number of thiol groups is 1. The minimum absolute atomic E-state index is 0. The van der Waals surface area contributed by atoms with Crippen molar-refractivity contribution in [1.29, 1.82) is 0 Å². The molecule has 5 nitrogen and oxygen atoms in total. The third kappa shape index (κ3) is 18.1. The molecule has 6 heteroatoms. The monoisotopic (exact) mass is 390 g/mol. The molecular weight excluding hydrogens is 348 g/mol. The summed E-state index contributed by atoms with van der Waals surface area (Å²) in [4.78, 5) is 22.7. The van der Waals surface area contributed by atoms with Crippen molar-refractivity contribution in [3.05, 3.63) is 0 Å². The number of rotatable bonds is 18. The minimum atomic E-state index is -0.979. The number of carbonyl (C=O) groups is 2. The van der Waals surface area contributed by atoms with E-state index in [1.165, 1.54) is 70.6 Å². The van der Waals surface area contributed by atoms with Crippen molar-refractivity contribution in [3.8, 4) is 0 Å². The van der Waals surface area contributed by atoms with Gasteiger partial charge in [0.05, 0.1) is 0 Å². The van der Waals surface area contributed by atoms with Gasteiger partial charge in [0.2, 0.25) is 5.91 Å². The van der Waals surface area contributed by atoms with Crippen molar-refractivity contribution in [1.82, 2.24) is 11.5 Å². The average molecular weight is 391 g/mol. The van der Waals surface area contributed by atoms with Crippen LogP contribution in [0.1, 0.15) is 103 Å². The Kier molecular flexibility index (Phi) is 21.7. The maximum atomic E-state index is 11.7. The Morgan fingerprint density at radius 3 is 1.65 bits per heavy atom. The molecule has 0 fully saturated rings. The van der Waals surface area contributed by atoms with E-state index in [1.807, 2.05) is 0 Å². The molecule has 0 aromatic rings. The lowest BCUT2D eigenvalue weighted by atomic mass is 10.0. The predicted molar refractivity (Wildman–Crippen MR) is 113 cm³/mol. The van der Waals surface area contributed by atoms with Crippen LogP contribution < -0.4 is 11.5 Å². The molecule has 0 aromatic carbocycles. The summed E-state index contributed by atoms with van der Waals surface area (Å²) in [5.74, 6) is -0.680. The summed E-state index contributed by atoms with van der Waals surface area (Å²) in [5.41, 5.74) is 0. The molecule has 1 amide bonds. The summed E-state index contributed by atoms with van der Waals surface area (Å²) in [5, 5.41) is 11.6. The molecule has 5 N–H and O–H groups in total. The fraction of sp³-hybridized carbons (Fsp3) is 0.900. The molecule has 0 heterocycles. The van der Waals surface area contributed by atoms with Crippen molar-refractivity contribution in [3.63, 3.8) is 0 Å². The van der Waals surface area contributed by atoms with Crippen LogP contribution in [0.25, 0.3) is 0 Å². The summed E-state index contributed by atoms with van der Waals surface area (Å²) < 4.78 is 0. The second kappa shape index (κ2) is 20.6. The van der Waals surface area contributed by atoms with Gasteiger partial charge in [-0.15, -0.1) is 0 Å². The second-order valence-corrected chi connectivity index (χ2v) is 7.41. The number of nitrogens with one attached hydrogen (secondary N) is 1. The van der Waals surface area contributed by atoms with E-state index in [9.17, 15) is 9.59 Å². The van der Waals surface area contributed by atoms with Gasteiger partial charge in [-0.1, -0.05) is 84.0 Å². The first-order valence-corrected chi connectivity index (χ1v) is 10.9. The lowest BCUT2D eigenvalue weighted by Gasteiger charge is -2.13. The Labute approximate surface area is 166 Å². The zero-order valence-electron chi connectivity index (χ0n) is 16.8. The van der Waals surface area contributed by atoms with Crippen molar-refractivity contribution >= 4 is 24.5 Å². The SMILES string of the molecule is CCCCCCCCCCCCCCCC(=O)N[C@@H](CCS)C(=O)O.N. The molecule has 0 aliphatic rings. The molecule has 0 unspecified atom stereocenters. The fourth-order valence-electron chi connectivity index (χ4n) is 2.96. The Morgan fingerprint density at radius 1 is 0.846 bits per heavy atom. The van der Waals surface area contributed by atoms with Crippen LogP contribution in [0.2, 0.25) is 0 Å². The molecule has 0 aliphatic carbocycles. The van der Waals surface area contributed by atoms with Crippen LogP contribution >= 0.6 is 12.6 Å². The third-order valence-electron chi connectivity index (χ3n) is 4.56. The van der Waals surface area contributed by atoms with E-state index < -0.39 is 12.0 Å². The number of carbonyl (C=O) groups excluding carboxylic acids is 1. The molecular formula is C20H42N2O3S. The molecule has 0 saturated heterocycles. The Morgan fingerprint density at radius 2 is 1.27 bits per heavy atom. The van der Waals surface area contributed by atoms with E-state index in [2.05, 4.69) is 24.9 Å². The van der Waals surface area contributed by atoms with Gasteiger partial charge >= 0.3 is 5.97 Å². The van der Waals surface area contributed by atoms with Crippen molar-refractivity contribution in [2.45, 2.75) is 109 Å². The van der Waals surface area contributed by atoms with Crippen LogP contribution in [0.5, 0.6) is 0 Å². The third-order valence-corrected chi connectivity index (χ3v) is 4.82.